The molecule has 2 saturated heterocycles. The predicted molar refractivity (Wildman–Crippen MR) is 163 cm³/mol. The van der Waals surface area contributed by atoms with Gasteiger partial charge in [-0.3, -0.25) is 24.1 Å². The summed E-state index contributed by atoms with van der Waals surface area (Å²) in [6, 6.07) is 15.3. The van der Waals surface area contributed by atoms with E-state index in [2.05, 4.69) is 0 Å². The molecule has 0 radical (unpaired) electrons. The number of amides is 4. The zero-order chi connectivity index (χ0) is 32.0. The van der Waals surface area contributed by atoms with Gasteiger partial charge in [0.1, 0.15) is 5.82 Å². The Kier molecular flexibility index (Phi) is 6.73. The van der Waals surface area contributed by atoms with Crippen LogP contribution in [-0.4, -0.2) is 38.5 Å². The second kappa shape index (κ2) is 10.2. The lowest BCUT2D eigenvalue weighted by molar-refractivity contribution is -0.125. The van der Waals surface area contributed by atoms with Crippen molar-refractivity contribution in [3.63, 3.8) is 0 Å². The molecule has 0 aromatic heterocycles. The number of hydrogen-bond donors (Lipinski definition) is 1. The van der Waals surface area contributed by atoms with Crippen LogP contribution >= 0.6 is 23.2 Å². The van der Waals surface area contributed by atoms with E-state index in [1.807, 2.05) is 19.1 Å². The Morgan fingerprint density at radius 1 is 0.844 bits per heavy atom. The summed E-state index contributed by atoms with van der Waals surface area (Å²) in [5.41, 5.74) is 2.14. The summed E-state index contributed by atoms with van der Waals surface area (Å²) in [5, 5.41) is 9.95. The van der Waals surface area contributed by atoms with Gasteiger partial charge in [-0.05, 0) is 84.8 Å². The Hall–Kier alpha value is -4.08. The number of nitrogens with zero attached hydrogens (tertiary/aromatic N) is 2. The lowest BCUT2D eigenvalue weighted by Crippen LogP contribution is -2.60. The zero-order valence-corrected chi connectivity index (χ0v) is 25.4. The summed E-state index contributed by atoms with van der Waals surface area (Å²) in [4.78, 5) is 54.1. The fourth-order valence-electron chi connectivity index (χ4n) is 7.61. The van der Waals surface area contributed by atoms with E-state index in [0.717, 1.165) is 46.0 Å². The van der Waals surface area contributed by atoms with Gasteiger partial charge in [0.15, 0.2) is 21.3 Å². The third-order valence-corrected chi connectivity index (χ3v) is 11.2. The molecule has 11 heteroatoms. The highest BCUT2D eigenvalue weighted by Gasteiger charge is 2.76. The lowest BCUT2D eigenvalue weighted by Gasteiger charge is -2.50. The average molecular weight is 651 g/mol. The van der Waals surface area contributed by atoms with Gasteiger partial charge in [-0.1, -0.05) is 36.8 Å². The van der Waals surface area contributed by atoms with Crippen molar-refractivity contribution in [3.05, 3.63) is 101 Å². The van der Waals surface area contributed by atoms with Gasteiger partial charge in [0, 0.05) is 5.92 Å². The molecule has 0 spiro atoms. The van der Waals surface area contributed by atoms with Crippen LogP contribution in [0.5, 0.6) is 5.75 Å². The van der Waals surface area contributed by atoms with E-state index >= 15 is 0 Å². The number of imide groups is 2. The fourth-order valence-corrected chi connectivity index (χ4v) is 8.55. The van der Waals surface area contributed by atoms with Gasteiger partial charge < -0.3 is 5.11 Å². The van der Waals surface area contributed by atoms with E-state index in [-0.39, 0.29) is 30.0 Å². The minimum absolute atomic E-state index is 0.0418. The van der Waals surface area contributed by atoms with Gasteiger partial charge in [-0.25, -0.2) is 13.7 Å². The highest BCUT2D eigenvalue weighted by molar-refractivity contribution is 6.58. The van der Waals surface area contributed by atoms with E-state index in [1.165, 1.54) is 18.2 Å². The van der Waals surface area contributed by atoms with Crippen LogP contribution < -0.4 is 9.80 Å². The first-order valence-corrected chi connectivity index (χ1v) is 15.4. The first kappa shape index (κ1) is 29.6. The van der Waals surface area contributed by atoms with Crippen molar-refractivity contribution in [2.45, 2.75) is 41.9 Å². The number of hydrogen-bond acceptors (Lipinski definition) is 5. The van der Waals surface area contributed by atoms with Crippen LogP contribution in [0, 0.1) is 29.4 Å². The van der Waals surface area contributed by atoms with Crippen LogP contribution in [0.25, 0.3) is 0 Å². The van der Waals surface area contributed by atoms with Crippen molar-refractivity contribution < 1.29 is 33.1 Å². The molecule has 7 nitrogen and oxygen atoms in total. The highest BCUT2D eigenvalue weighted by atomic mass is 35.5. The van der Waals surface area contributed by atoms with Gasteiger partial charge in [0.25, 0.3) is 11.8 Å². The molecule has 6 atom stereocenters. The maximum absolute atomic E-state index is 14.8. The molecule has 4 amide bonds. The molecule has 3 aromatic rings. The molecule has 2 heterocycles. The van der Waals surface area contributed by atoms with Crippen LogP contribution in [0.2, 0.25) is 0 Å². The second-order valence-electron chi connectivity index (χ2n) is 12.0. The molecule has 1 saturated carbocycles. The first-order chi connectivity index (χ1) is 21.4. The maximum atomic E-state index is 14.8. The normalized spacial score (nSPS) is 30.7. The molecule has 230 valence electrons. The molecule has 0 bridgehead atoms. The first-order valence-electron chi connectivity index (χ1n) is 14.6. The number of aromatic hydroxyl groups is 1. The number of phenolic OH excluding ortho intramolecular Hbond substituents is 1. The largest absolute Gasteiger partial charge is 0.505 e. The third-order valence-electron chi connectivity index (χ3n) is 9.80. The van der Waals surface area contributed by atoms with Crippen molar-refractivity contribution in [3.8, 4) is 5.75 Å². The molecule has 45 heavy (non-hydrogen) atoms. The Balaban J connectivity index is 1.38. The van der Waals surface area contributed by atoms with Gasteiger partial charge in [0.05, 0.1) is 23.2 Å². The molecule has 1 N–H and O–H groups in total. The Bertz CT molecular complexity index is 1830. The summed E-state index contributed by atoms with van der Waals surface area (Å²) in [6.07, 6.45) is 2.41. The monoisotopic (exact) mass is 650 g/mol. The molecular formula is C34H26Cl2F2N2O5. The number of carbonyl (C=O) groups excluding carboxylic acids is 4. The van der Waals surface area contributed by atoms with E-state index in [9.17, 15) is 33.1 Å². The average Bonchev–Trinajstić information content (AvgIpc) is 3.37. The molecule has 4 aliphatic rings. The number of fused-ring (bicyclic) bond motifs is 4. The smallest absolute Gasteiger partial charge is 0.258 e. The van der Waals surface area contributed by atoms with Crippen molar-refractivity contribution in [2.24, 2.45) is 17.8 Å². The van der Waals surface area contributed by atoms with E-state index < -0.39 is 68.5 Å². The van der Waals surface area contributed by atoms with E-state index in [4.69, 9.17) is 23.2 Å². The highest BCUT2D eigenvalue weighted by Crippen LogP contribution is 2.66. The van der Waals surface area contributed by atoms with Gasteiger partial charge in [-0.15, -0.1) is 23.2 Å². The standard InChI is InChI=1S/C34H26Cl2F2N2O5/c1-2-17-3-8-20(9-4-17)39-29(42)23-13-12-22-24(27(23)30(39)43)16-33(35)31(44)40(21-10-6-19(37)7-11-21)32(45)34(33,36)28(22)18-5-14-26(41)25(38)15-18/h3-12,14-15,23-24,27-28,41H,2,13,16H2,1H3. The summed E-state index contributed by atoms with van der Waals surface area (Å²) in [5.74, 6) is -8.50. The number of allylic oxidation sites excluding steroid dienone is 2. The number of alkyl halides is 2. The Labute approximate surface area is 267 Å². The molecular weight excluding hydrogens is 625 g/mol. The van der Waals surface area contributed by atoms with Crippen molar-refractivity contribution in [1.82, 2.24) is 0 Å². The van der Waals surface area contributed by atoms with Crippen LogP contribution in [0.3, 0.4) is 0 Å². The number of aryl methyl sites for hydroxylation is 1. The van der Waals surface area contributed by atoms with E-state index in [1.54, 1.807) is 18.2 Å². The number of phenols is 1. The van der Waals surface area contributed by atoms with Crippen molar-refractivity contribution in [1.29, 1.82) is 0 Å². The lowest BCUT2D eigenvalue weighted by atomic mass is 9.56. The molecule has 3 fully saturated rings. The minimum Gasteiger partial charge on any atom is -0.505 e. The Morgan fingerprint density at radius 3 is 2.13 bits per heavy atom. The quantitative estimate of drug-likeness (QED) is 0.212. The number of rotatable bonds is 4. The summed E-state index contributed by atoms with van der Waals surface area (Å²) >= 11 is 14.5. The summed E-state index contributed by atoms with van der Waals surface area (Å²) < 4.78 is 28.6. The SMILES string of the molecule is CCc1ccc(N2C(=O)C3CC=C4C(CC5(Cl)C(=O)N(c6ccc(F)cc6)C(=O)C5(Cl)C4c4ccc(O)c(F)c4)C3C2=O)cc1. The van der Waals surface area contributed by atoms with Crippen LogP contribution in [-0.2, 0) is 25.6 Å². The molecule has 3 aromatic carbocycles. The van der Waals surface area contributed by atoms with Crippen LogP contribution in [0.15, 0.2) is 78.4 Å². The number of anilines is 2. The number of carbonyl (C=O) groups is 4. The fraction of sp³-hybridized carbons (Fsp3) is 0.294. The van der Waals surface area contributed by atoms with Crippen LogP contribution in [0.4, 0.5) is 20.2 Å². The maximum Gasteiger partial charge on any atom is 0.258 e. The Morgan fingerprint density at radius 2 is 1.49 bits per heavy atom. The zero-order valence-electron chi connectivity index (χ0n) is 23.8. The van der Waals surface area contributed by atoms with Gasteiger partial charge >= 0.3 is 0 Å². The number of halogens is 4. The molecule has 7 rings (SSSR count). The van der Waals surface area contributed by atoms with Crippen molar-refractivity contribution in [2.75, 3.05) is 9.80 Å². The van der Waals surface area contributed by atoms with Gasteiger partial charge in [-0.2, -0.15) is 0 Å². The minimum atomic E-state index is -2.19. The molecule has 2 aliphatic carbocycles. The second-order valence-corrected chi connectivity index (χ2v) is 13.2. The number of benzene rings is 3. The summed E-state index contributed by atoms with van der Waals surface area (Å²) in [7, 11) is 0. The molecule has 2 aliphatic heterocycles. The third kappa shape index (κ3) is 3.99. The van der Waals surface area contributed by atoms with Crippen LogP contribution in [0.1, 0.15) is 36.8 Å². The summed E-state index contributed by atoms with van der Waals surface area (Å²) in [6.45, 7) is 1.99. The predicted octanol–water partition coefficient (Wildman–Crippen LogP) is 6.00. The van der Waals surface area contributed by atoms with Gasteiger partial charge in [0.2, 0.25) is 11.8 Å². The van der Waals surface area contributed by atoms with E-state index in [0.29, 0.717) is 11.3 Å². The molecule has 6 unspecified atom stereocenters. The van der Waals surface area contributed by atoms with Crippen molar-refractivity contribution >= 4 is 58.2 Å². The topological polar surface area (TPSA) is 95.0 Å².